The maximum atomic E-state index is 12.3. The number of hydroxylamine groups is 1. The van der Waals surface area contributed by atoms with Crippen molar-refractivity contribution in [2.75, 3.05) is 18.7 Å². The van der Waals surface area contributed by atoms with Crippen molar-refractivity contribution in [3.8, 4) is 11.1 Å². The summed E-state index contributed by atoms with van der Waals surface area (Å²) in [7, 11) is 1.92. The van der Waals surface area contributed by atoms with Gasteiger partial charge in [0.25, 0.3) is 0 Å². The molecule has 1 heterocycles. The van der Waals surface area contributed by atoms with E-state index in [-0.39, 0.29) is 17.4 Å². The van der Waals surface area contributed by atoms with Gasteiger partial charge in [-0.15, -0.1) is 0 Å². The number of carbonyl (C=O) groups excluding carboxylic acids is 2. The number of halogens is 1. The summed E-state index contributed by atoms with van der Waals surface area (Å²) in [6.07, 6.45) is 3.62. The van der Waals surface area contributed by atoms with Gasteiger partial charge in [0.05, 0.1) is 22.2 Å². The summed E-state index contributed by atoms with van der Waals surface area (Å²) < 4.78 is 0. The fraction of sp³-hybridized carbons (Fsp3) is 0.391. The van der Waals surface area contributed by atoms with Crippen LogP contribution in [-0.2, 0) is 9.59 Å². The Labute approximate surface area is 181 Å². The fourth-order valence-corrected chi connectivity index (χ4v) is 4.52. The topological polar surface area (TPSA) is 81.7 Å². The van der Waals surface area contributed by atoms with Gasteiger partial charge in [-0.3, -0.25) is 25.2 Å². The summed E-state index contributed by atoms with van der Waals surface area (Å²) >= 11 is 6.69. The van der Waals surface area contributed by atoms with Crippen molar-refractivity contribution < 1.29 is 14.8 Å². The maximum absolute atomic E-state index is 12.3. The minimum absolute atomic E-state index is 0.173. The van der Waals surface area contributed by atoms with Crippen LogP contribution in [0.4, 0.5) is 5.69 Å². The van der Waals surface area contributed by atoms with Crippen LogP contribution in [0.3, 0.4) is 0 Å². The Morgan fingerprint density at radius 3 is 2.57 bits per heavy atom. The lowest BCUT2D eigenvalue weighted by Crippen LogP contribution is -2.39. The second kappa shape index (κ2) is 8.38. The Morgan fingerprint density at radius 1 is 1.20 bits per heavy atom. The molecule has 2 amide bonds. The molecule has 2 fully saturated rings. The lowest BCUT2D eigenvalue weighted by atomic mass is 9.88. The van der Waals surface area contributed by atoms with Gasteiger partial charge in [0, 0.05) is 12.0 Å². The second-order valence-electron chi connectivity index (χ2n) is 8.15. The fourth-order valence-electron chi connectivity index (χ4n) is 4.16. The predicted octanol–water partition coefficient (Wildman–Crippen LogP) is 3.86. The molecule has 158 valence electrons. The lowest BCUT2D eigenvalue weighted by Gasteiger charge is -2.28. The summed E-state index contributed by atoms with van der Waals surface area (Å²) in [4.78, 5) is 23.7. The van der Waals surface area contributed by atoms with Crippen LogP contribution in [-0.4, -0.2) is 36.2 Å². The van der Waals surface area contributed by atoms with E-state index in [2.05, 4.69) is 10.6 Å². The molecule has 3 N–H and O–H groups in total. The Balaban J connectivity index is 1.56. The molecule has 1 saturated heterocycles. The normalized spacial score (nSPS) is 20.0. The third-order valence-electron chi connectivity index (χ3n) is 6.18. The van der Waals surface area contributed by atoms with Crippen molar-refractivity contribution >= 4 is 29.1 Å². The summed E-state index contributed by atoms with van der Waals surface area (Å²) in [5.74, 6) is -0.965. The maximum Gasteiger partial charge on any atom is 0.234 e. The van der Waals surface area contributed by atoms with Crippen LogP contribution in [0.5, 0.6) is 0 Å². The number of piperidine rings is 1. The molecule has 6 nitrogen and oxygen atoms in total. The first-order valence-electron chi connectivity index (χ1n) is 10.3. The Bertz CT molecular complexity index is 957. The zero-order valence-corrected chi connectivity index (χ0v) is 17.7. The molecule has 2 aliphatic rings. The molecular formula is C23H26ClN3O3. The molecule has 1 saturated carbocycles. The Morgan fingerprint density at radius 2 is 1.93 bits per heavy atom. The van der Waals surface area contributed by atoms with Crippen molar-refractivity contribution in [3.63, 3.8) is 0 Å². The van der Waals surface area contributed by atoms with Crippen LogP contribution in [0, 0.1) is 0 Å². The van der Waals surface area contributed by atoms with E-state index in [9.17, 15) is 14.8 Å². The van der Waals surface area contributed by atoms with Crippen LogP contribution in [0.2, 0.25) is 5.02 Å². The van der Waals surface area contributed by atoms with E-state index in [1.54, 1.807) is 0 Å². The van der Waals surface area contributed by atoms with Gasteiger partial charge in [-0.2, -0.15) is 0 Å². The highest BCUT2D eigenvalue weighted by atomic mass is 35.5. The van der Waals surface area contributed by atoms with Crippen LogP contribution >= 0.6 is 11.6 Å². The predicted molar refractivity (Wildman–Crippen MR) is 117 cm³/mol. The summed E-state index contributed by atoms with van der Waals surface area (Å²) in [6, 6.07) is 13.3. The minimum atomic E-state index is -0.427. The number of imide groups is 1. The van der Waals surface area contributed by atoms with Gasteiger partial charge in [0.15, 0.2) is 0 Å². The van der Waals surface area contributed by atoms with Crippen molar-refractivity contribution in [3.05, 3.63) is 53.1 Å². The van der Waals surface area contributed by atoms with Gasteiger partial charge in [-0.25, -0.2) is 0 Å². The third kappa shape index (κ3) is 3.95. The van der Waals surface area contributed by atoms with Crippen molar-refractivity contribution in [2.45, 2.75) is 43.6 Å². The molecule has 1 aliphatic carbocycles. The molecule has 4 rings (SSSR count). The smallest absolute Gasteiger partial charge is 0.234 e. The largest absolute Gasteiger partial charge is 0.320 e. The van der Waals surface area contributed by atoms with Crippen molar-refractivity contribution in [2.24, 2.45) is 0 Å². The van der Waals surface area contributed by atoms with E-state index in [0.717, 1.165) is 48.2 Å². The van der Waals surface area contributed by atoms with E-state index in [1.165, 1.54) is 5.06 Å². The molecule has 0 aromatic heterocycles. The zero-order chi connectivity index (χ0) is 21.3. The lowest BCUT2D eigenvalue weighted by molar-refractivity contribution is -0.134. The molecule has 0 radical (unpaired) electrons. The van der Waals surface area contributed by atoms with Gasteiger partial charge < -0.3 is 5.32 Å². The molecule has 30 heavy (non-hydrogen) atoms. The Kier molecular flexibility index (Phi) is 5.82. The number of carbonyl (C=O) groups is 2. The summed E-state index contributed by atoms with van der Waals surface area (Å²) in [6.45, 7) is 0.859. The highest BCUT2D eigenvalue weighted by Gasteiger charge is 2.47. The van der Waals surface area contributed by atoms with E-state index >= 15 is 0 Å². The molecule has 7 heteroatoms. The standard InChI is InChI=1S/C23H26ClN3O3/c1-25-14-13-23(11-12-23)27(30)16-7-5-15(6-8-16)17-3-2-4-18(21(17)24)19-9-10-20(28)26-22(19)29/h2-8,19,25,30H,9-14H2,1H3,(H,26,28,29). The van der Waals surface area contributed by atoms with Crippen LogP contribution in [0.1, 0.15) is 43.6 Å². The molecule has 2 aromatic carbocycles. The quantitative estimate of drug-likeness (QED) is 0.461. The average molecular weight is 428 g/mol. The third-order valence-corrected chi connectivity index (χ3v) is 6.60. The van der Waals surface area contributed by atoms with E-state index in [0.29, 0.717) is 17.9 Å². The van der Waals surface area contributed by atoms with Gasteiger partial charge >= 0.3 is 0 Å². The molecule has 2 aromatic rings. The SMILES string of the molecule is CNCCC1(N(O)c2ccc(-c3cccc(C4CCC(=O)NC4=O)c3Cl)cc2)CC1. The number of hydrogen-bond donors (Lipinski definition) is 3. The first kappa shape index (κ1) is 20.8. The van der Waals surface area contributed by atoms with Crippen LogP contribution < -0.4 is 15.7 Å². The monoisotopic (exact) mass is 427 g/mol. The Hall–Kier alpha value is -2.41. The highest BCUT2D eigenvalue weighted by molar-refractivity contribution is 6.34. The number of anilines is 1. The van der Waals surface area contributed by atoms with E-state index < -0.39 is 5.92 Å². The number of rotatable bonds is 7. The molecule has 1 unspecified atom stereocenters. The van der Waals surface area contributed by atoms with E-state index in [4.69, 9.17) is 11.6 Å². The number of benzene rings is 2. The number of hydrogen-bond acceptors (Lipinski definition) is 5. The number of nitrogens with one attached hydrogen (secondary N) is 2. The van der Waals surface area contributed by atoms with Crippen molar-refractivity contribution in [1.82, 2.24) is 10.6 Å². The molecule has 1 aliphatic heterocycles. The second-order valence-corrected chi connectivity index (χ2v) is 8.53. The van der Waals surface area contributed by atoms with Gasteiger partial charge in [-0.1, -0.05) is 41.9 Å². The number of nitrogens with zero attached hydrogens (tertiary/aromatic N) is 1. The number of amides is 2. The minimum Gasteiger partial charge on any atom is -0.320 e. The highest BCUT2D eigenvalue weighted by Crippen LogP contribution is 2.46. The van der Waals surface area contributed by atoms with Crippen LogP contribution in [0.15, 0.2) is 42.5 Å². The molecule has 0 bridgehead atoms. The van der Waals surface area contributed by atoms with Gasteiger partial charge in [-0.05, 0) is 62.5 Å². The van der Waals surface area contributed by atoms with E-state index in [1.807, 2.05) is 49.5 Å². The molecule has 1 atom stereocenters. The van der Waals surface area contributed by atoms with Gasteiger partial charge in [0.1, 0.15) is 0 Å². The average Bonchev–Trinajstić information content (AvgIpc) is 3.54. The van der Waals surface area contributed by atoms with Crippen LogP contribution in [0.25, 0.3) is 11.1 Å². The summed E-state index contributed by atoms with van der Waals surface area (Å²) in [5.41, 5.74) is 3.05. The molecular weight excluding hydrogens is 402 g/mol. The van der Waals surface area contributed by atoms with Crippen molar-refractivity contribution in [1.29, 1.82) is 0 Å². The first-order chi connectivity index (χ1) is 14.4. The first-order valence-corrected chi connectivity index (χ1v) is 10.7. The molecule has 0 spiro atoms. The zero-order valence-electron chi connectivity index (χ0n) is 17.0. The van der Waals surface area contributed by atoms with Gasteiger partial charge in [0.2, 0.25) is 11.8 Å². The summed E-state index contributed by atoms with van der Waals surface area (Å²) in [5, 5.41) is 18.2.